The van der Waals surface area contributed by atoms with Gasteiger partial charge in [-0.25, -0.2) is 22.8 Å². The average molecular weight is 802 g/mol. The molecule has 8 nitrogen and oxygen atoms in total. The van der Waals surface area contributed by atoms with Crippen LogP contribution >= 0.6 is 0 Å². The van der Waals surface area contributed by atoms with Crippen molar-refractivity contribution in [1.82, 2.24) is 9.13 Å². The van der Waals surface area contributed by atoms with E-state index in [2.05, 4.69) is 184 Å². The quantitative estimate of drug-likeness (QED) is 0.0563. The number of benzene rings is 3. The van der Waals surface area contributed by atoms with Crippen molar-refractivity contribution in [1.29, 1.82) is 0 Å². The highest BCUT2D eigenvalue weighted by Gasteiger charge is 2.50. The highest BCUT2D eigenvalue weighted by Crippen LogP contribution is 2.31. The molecule has 1 aliphatic carbocycles. The molecule has 3 aromatic carbocycles. The first-order valence-corrected chi connectivity index (χ1v) is 22.7. The van der Waals surface area contributed by atoms with Gasteiger partial charge in [0.25, 0.3) is 0 Å². The third-order valence-electron chi connectivity index (χ3n) is 14.9. The van der Waals surface area contributed by atoms with Crippen LogP contribution in [0.2, 0.25) is 0 Å². The molecule has 0 atom stereocenters. The van der Waals surface area contributed by atoms with Crippen molar-refractivity contribution in [3.05, 3.63) is 199 Å². The van der Waals surface area contributed by atoms with Crippen LogP contribution in [-0.2, 0) is 32.7 Å². The van der Waals surface area contributed by atoms with Crippen LogP contribution in [0.15, 0.2) is 170 Å². The molecule has 0 saturated carbocycles. The van der Waals surface area contributed by atoms with E-state index >= 15 is 0 Å². The SMILES string of the molecule is C1=C/C(=C/[N+]23CC[N+](C/C=C/C[N+]45CC[N+](Cc6ccc(Cn7cc[n+](Cc8ccccc8)c7)cc6)(CC4)CC5)(CC2)CC3)[CH+]C=C1Cn1cc[n+](Cc2ccccc2)c1. The maximum Gasteiger partial charge on any atom is 0.245 e. The molecule has 8 heterocycles. The lowest BCUT2D eigenvalue weighted by Crippen LogP contribution is -2.74. The van der Waals surface area contributed by atoms with Crippen molar-refractivity contribution in [3.63, 3.8) is 0 Å². The average Bonchev–Trinajstić information content (AvgIpc) is 3.94. The zero-order valence-electron chi connectivity index (χ0n) is 35.6. The standard InChI is InChI=1S/C52H65N8/c1-3-9-47(10-4-1)39-53-21-23-55(45-53)41-49-13-17-51(18-14-49)43-59-33-27-57(28-34-59,29-35-59)25-7-8-26-58-30-36-60(37-31-58,38-32-58)44-52-19-15-50(16-20-52)42-56-24-22-54(46-56)40-48-11-5-2-6-12-48/h1-24,43,45-46H,25-42,44H2/q+7/b8-7+. The van der Waals surface area contributed by atoms with E-state index in [1.807, 2.05) is 0 Å². The Bertz CT molecular complexity index is 2310. The lowest BCUT2D eigenvalue weighted by Gasteiger charge is -2.55. The molecule has 7 aliphatic rings. The first-order chi connectivity index (χ1) is 29.4. The topological polar surface area (TPSA) is 17.6 Å². The maximum atomic E-state index is 2.58. The summed E-state index contributed by atoms with van der Waals surface area (Å²) in [5, 5.41) is 0. The minimum absolute atomic E-state index is 0.901. The highest BCUT2D eigenvalue weighted by molar-refractivity contribution is 5.42. The Balaban J connectivity index is 0.650. The van der Waals surface area contributed by atoms with Gasteiger partial charge in [-0.3, -0.25) is 0 Å². The largest absolute Gasteiger partial charge is 0.306 e. The third-order valence-corrected chi connectivity index (χ3v) is 14.9. The van der Waals surface area contributed by atoms with Gasteiger partial charge in [-0.15, -0.1) is 0 Å². The zero-order chi connectivity index (χ0) is 40.3. The lowest BCUT2D eigenvalue weighted by molar-refractivity contribution is -1.08. The number of hydrogen-bond donors (Lipinski definition) is 0. The Hall–Kier alpha value is -5.25. The van der Waals surface area contributed by atoms with Gasteiger partial charge in [0.05, 0.1) is 18.7 Å². The first-order valence-electron chi connectivity index (χ1n) is 22.7. The van der Waals surface area contributed by atoms with Gasteiger partial charge in [0, 0.05) is 30.2 Å². The smallest absolute Gasteiger partial charge is 0.245 e. The van der Waals surface area contributed by atoms with E-state index in [-0.39, 0.29) is 0 Å². The summed E-state index contributed by atoms with van der Waals surface area (Å²) in [6.45, 7) is 22.9. The van der Waals surface area contributed by atoms with E-state index in [1.54, 1.807) is 0 Å². The monoisotopic (exact) mass is 802 g/mol. The van der Waals surface area contributed by atoms with Crippen molar-refractivity contribution in [2.24, 2.45) is 0 Å². The van der Waals surface area contributed by atoms with Gasteiger partial charge >= 0.3 is 0 Å². The van der Waals surface area contributed by atoms with Crippen LogP contribution in [-0.4, -0.2) is 119 Å². The molecule has 6 aliphatic heterocycles. The summed E-state index contributed by atoms with van der Waals surface area (Å²) in [5.74, 6) is 0. The first kappa shape index (κ1) is 38.9. The summed E-state index contributed by atoms with van der Waals surface area (Å²) >= 11 is 0. The summed E-state index contributed by atoms with van der Waals surface area (Å²) in [6.07, 6.45) is 30.3. The minimum Gasteiger partial charge on any atom is -0.306 e. The number of rotatable bonds is 15. The molecule has 2 aromatic heterocycles. The van der Waals surface area contributed by atoms with Crippen LogP contribution in [0.25, 0.3) is 0 Å². The Morgan fingerprint density at radius 2 is 1.02 bits per heavy atom. The predicted octanol–water partition coefficient (Wildman–Crippen LogP) is 5.67. The number of piperazine rings is 6. The molecule has 6 saturated heterocycles. The van der Waals surface area contributed by atoms with Crippen molar-refractivity contribution in [2.75, 3.05) is 91.6 Å². The van der Waals surface area contributed by atoms with Crippen molar-refractivity contribution in [3.8, 4) is 0 Å². The number of allylic oxidation sites excluding steroid dienone is 5. The molecule has 8 heteroatoms. The molecular formula is C52H65N8+7. The second-order valence-electron chi connectivity index (χ2n) is 19.1. The van der Waals surface area contributed by atoms with E-state index < -0.39 is 0 Å². The number of aromatic nitrogens is 4. The molecule has 0 spiro atoms. The lowest BCUT2D eigenvalue weighted by atomic mass is 10.0. The van der Waals surface area contributed by atoms with Crippen molar-refractivity contribution < 1.29 is 27.1 Å². The van der Waals surface area contributed by atoms with Crippen LogP contribution in [0.5, 0.6) is 0 Å². The molecule has 0 radical (unpaired) electrons. The van der Waals surface area contributed by atoms with Gasteiger partial charge in [-0.05, 0) is 28.8 Å². The van der Waals surface area contributed by atoms with Crippen LogP contribution < -0.4 is 9.13 Å². The fourth-order valence-electron chi connectivity index (χ4n) is 10.8. The molecule has 0 N–H and O–H groups in total. The van der Waals surface area contributed by atoms with E-state index in [1.165, 1.54) is 145 Å². The fourth-order valence-corrected chi connectivity index (χ4v) is 10.8. The second kappa shape index (κ2) is 16.7. The molecule has 306 valence electrons. The van der Waals surface area contributed by atoms with E-state index in [0.29, 0.717) is 0 Å². The molecule has 4 bridgehead atoms. The Kier molecular flexibility index (Phi) is 10.8. The Morgan fingerprint density at radius 1 is 0.517 bits per heavy atom. The highest BCUT2D eigenvalue weighted by atomic mass is 15.5. The van der Waals surface area contributed by atoms with Gasteiger partial charge < -0.3 is 13.4 Å². The third kappa shape index (κ3) is 8.93. The summed E-state index contributed by atoms with van der Waals surface area (Å²) in [5.41, 5.74) is 8.26. The number of quaternary nitrogens is 4. The van der Waals surface area contributed by atoms with Crippen molar-refractivity contribution in [2.45, 2.75) is 32.7 Å². The maximum absolute atomic E-state index is 2.58. The van der Waals surface area contributed by atoms with Crippen LogP contribution in [0.3, 0.4) is 0 Å². The number of imidazole rings is 2. The molecule has 12 rings (SSSR count). The van der Waals surface area contributed by atoms with Crippen LogP contribution in [0.1, 0.15) is 22.3 Å². The molecule has 0 unspecified atom stereocenters. The number of nitrogens with zero attached hydrogens (tertiary/aromatic N) is 8. The van der Waals surface area contributed by atoms with E-state index in [9.17, 15) is 0 Å². The minimum atomic E-state index is 0.901. The van der Waals surface area contributed by atoms with Crippen LogP contribution in [0, 0.1) is 6.42 Å². The summed E-state index contributed by atoms with van der Waals surface area (Å²) < 4.78 is 14.2. The second-order valence-corrected chi connectivity index (χ2v) is 19.1. The molecule has 5 aromatic rings. The summed E-state index contributed by atoms with van der Waals surface area (Å²) in [7, 11) is 0. The van der Waals surface area contributed by atoms with E-state index in [4.69, 9.17) is 0 Å². The summed E-state index contributed by atoms with van der Waals surface area (Å²) in [4.78, 5) is 0. The normalized spacial score (nSPS) is 27.7. The van der Waals surface area contributed by atoms with Gasteiger partial charge in [0.2, 0.25) is 12.7 Å². The number of fused-ring (bicyclic) bond motifs is 6. The van der Waals surface area contributed by atoms with Gasteiger partial charge in [-0.2, -0.15) is 0 Å². The summed E-state index contributed by atoms with van der Waals surface area (Å²) in [6, 6.07) is 30.9. The Morgan fingerprint density at radius 3 is 1.55 bits per heavy atom. The fraction of sp³-hybridized carbons (Fsp3) is 0.365. The van der Waals surface area contributed by atoms with E-state index in [0.717, 1.165) is 30.7 Å². The van der Waals surface area contributed by atoms with Gasteiger partial charge in [-0.1, -0.05) is 84.9 Å². The molecule has 60 heavy (non-hydrogen) atoms. The van der Waals surface area contributed by atoms with Crippen LogP contribution in [0.4, 0.5) is 0 Å². The van der Waals surface area contributed by atoms with Gasteiger partial charge in [0.15, 0.2) is 6.20 Å². The molecule has 0 amide bonds. The Labute approximate surface area is 358 Å². The predicted molar refractivity (Wildman–Crippen MR) is 238 cm³/mol. The number of hydrogen-bond acceptors (Lipinski definition) is 0. The van der Waals surface area contributed by atoms with Crippen molar-refractivity contribution >= 4 is 0 Å². The zero-order valence-corrected chi connectivity index (χ0v) is 35.6. The molecule has 6 fully saturated rings. The van der Waals surface area contributed by atoms with Gasteiger partial charge in [0.1, 0.15) is 142 Å². The molecular weight excluding hydrogens is 737 g/mol.